The van der Waals surface area contributed by atoms with Crippen molar-refractivity contribution >= 4 is 5.91 Å². The van der Waals surface area contributed by atoms with Gasteiger partial charge < -0.3 is 15.4 Å². The molecular formula is C12H18N2O3. The van der Waals surface area contributed by atoms with Crippen LogP contribution in [0.1, 0.15) is 37.0 Å². The first-order valence-electron chi connectivity index (χ1n) is 5.70. The van der Waals surface area contributed by atoms with Crippen LogP contribution in [-0.4, -0.2) is 28.1 Å². The molecule has 0 radical (unpaired) electrons. The molecule has 1 aromatic rings. The minimum atomic E-state index is -0.906. The van der Waals surface area contributed by atoms with Gasteiger partial charge in [0.15, 0.2) is 5.43 Å². The Kier molecular flexibility index (Phi) is 4.45. The number of H-pyrrole nitrogens is 1. The molecule has 0 unspecified atom stereocenters. The fourth-order valence-electron chi connectivity index (χ4n) is 1.43. The monoisotopic (exact) mass is 238 g/mol. The van der Waals surface area contributed by atoms with E-state index in [4.69, 9.17) is 0 Å². The smallest absolute Gasteiger partial charge is 0.256 e. The lowest BCUT2D eigenvalue weighted by atomic mass is 9.97. The molecular weight excluding hydrogens is 220 g/mol. The molecule has 0 aliphatic heterocycles. The number of pyridine rings is 1. The minimum Gasteiger partial charge on any atom is -0.388 e. The number of aliphatic hydroxyl groups is 1. The first-order chi connectivity index (χ1) is 8.02. The minimum absolute atomic E-state index is 0.0575. The summed E-state index contributed by atoms with van der Waals surface area (Å²) in [5.41, 5.74) is -1.18. The predicted molar refractivity (Wildman–Crippen MR) is 64.9 cm³/mol. The molecule has 17 heavy (non-hydrogen) atoms. The number of rotatable bonds is 5. The summed E-state index contributed by atoms with van der Waals surface area (Å²) in [4.78, 5) is 25.8. The molecule has 0 fully saturated rings. The van der Waals surface area contributed by atoms with Crippen LogP contribution < -0.4 is 10.7 Å². The van der Waals surface area contributed by atoms with Gasteiger partial charge in [0.05, 0.1) is 5.60 Å². The average molecular weight is 238 g/mol. The number of aromatic amines is 1. The highest BCUT2D eigenvalue weighted by Gasteiger charge is 2.23. The van der Waals surface area contributed by atoms with Gasteiger partial charge in [-0.1, -0.05) is 13.8 Å². The molecule has 1 rings (SSSR count). The molecule has 0 atom stereocenters. The number of nitrogens with one attached hydrogen (secondary N) is 2. The van der Waals surface area contributed by atoms with Gasteiger partial charge in [0.2, 0.25) is 0 Å². The van der Waals surface area contributed by atoms with Crippen LogP contribution in [0.2, 0.25) is 0 Å². The lowest BCUT2D eigenvalue weighted by Gasteiger charge is -2.25. The summed E-state index contributed by atoms with van der Waals surface area (Å²) in [5.74, 6) is -0.466. The summed E-state index contributed by atoms with van der Waals surface area (Å²) in [7, 11) is 0. The predicted octanol–water partition coefficient (Wildman–Crippen LogP) is 0.656. The maximum atomic E-state index is 11.7. The van der Waals surface area contributed by atoms with Crippen LogP contribution in [-0.2, 0) is 0 Å². The molecule has 5 nitrogen and oxygen atoms in total. The number of aromatic nitrogens is 1. The van der Waals surface area contributed by atoms with Gasteiger partial charge in [0.1, 0.15) is 5.56 Å². The van der Waals surface area contributed by atoms with E-state index < -0.39 is 11.5 Å². The zero-order valence-corrected chi connectivity index (χ0v) is 10.1. The van der Waals surface area contributed by atoms with Crippen molar-refractivity contribution in [2.24, 2.45) is 0 Å². The van der Waals surface area contributed by atoms with Crippen molar-refractivity contribution in [3.8, 4) is 0 Å². The van der Waals surface area contributed by atoms with E-state index in [9.17, 15) is 14.7 Å². The number of carbonyl (C=O) groups is 1. The lowest BCUT2D eigenvalue weighted by Crippen LogP contribution is -2.43. The fourth-order valence-corrected chi connectivity index (χ4v) is 1.43. The first kappa shape index (κ1) is 13.4. The van der Waals surface area contributed by atoms with E-state index in [1.54, 1.807) is 0 Å². The molecule has 1 heterocycles. The highest BCUT2D eigenvalue weighted by molar-refractivity contribution is 5.93. The normalized spacial score (nSPS) is 11.2. The summed E-state index contributed by atoms with van der Waals surface area (Å²) < 4.78 is 0. The molecule has 0 spiro atoms. The molecule has 94 valence electrons. The van der Waals surface area contributed by atoms with E-state index in [2.05, 4.69) is 10.3 Å². The summed E-state index contributed by atoms with van der Waals surface area (Å²) >= 11 is 0. The highest BCUT2D eigenvalue weighted by atomic mass is 16.3. The number of hydrogen-bond donors (Lipinski definition) is 3. The van der Waals surface area contributed by atoms with Crippen LogP contribution in [0.25, 0.3) is 0 Å². The van der Waals surface area contributed by atoms with Gasteiger partial charge in [-0.15, -0.1) is 0 Å². The molecule has 0 saturated carbocycles. The third-order valence-corrected chi connectivity index (χ3v) is 2.96. The van der Waals surface area contributed by atoms with Crippen molar-refractivity contribution in [2.75, 3.05) is 6.54 Å². The first-order valence-corrected chi connectivity index (χ1v) is 5.70. The standard InChI is InChI=1S/C12H18N2O3/c1-3-12(17,4-2)8-14-11(16)9-7-13-6-5-10(9)15/h5-7,17H,3-4,8H2,1-2H3,(H,13,15)(H,14,16). The van der Waals surface area contributed by atoms with Crippen molar-refractivity contribution in [3.05, 3.63) is 34.2 Å². The molecule has 5 heteroatoms. The Labute approximate surface area is 99.9 Å². The van der Waals surface area contributed by atoms with Crippen LogP contribution in [0.5, 0.6) is 0 Å². The van der Waals surface area contributed by atoms with Gasteiger partial charge in [-0.3, -0.25) is 9.59 Å². The summed E-state index contributed by atoms with van der Waals surface area (Å²) in [6, 6.07) is 1.29. The molecule has 3 N–H and O–H groups in total. The second kappa shape index (κ2) is 5.63. The third kappa shape index (κ3) is 3.42. The second-order valence-electron chi connectivity index (χ2n) is 4.04. The molecule has 0 aromatic carbocycles. The van der Waals surface area contributed by atoms with E-state index in [-0.39, 0.29) is 17.5 Å². The van der Waals surface area contributed by atoms with E-state index in [1.807, 2.05) is 13.8 Å². The Morgan fingerprint density at radius 1 is 1.47 bits per heavy atom. The van der Waals surface area contributed by atoms with Gasteiger partial charge in [-0.2, -0.15) is 0 Å². The lowest BCUT2D eigenvalue weighted by molar-refractivity contribution is 0.0314. The summed E-state index contributed by atoms with van der Waals surface area (Å²) in [5, 5.41) is 12.6. The number of hydrogen-bond acceptors (Lipinski definition) is 3. The molecule has 0 saturated heterocycles. The van der Waals surface area contributed by atoms with Gasteiger partial charge in [0.25, 0.3) is 5.91 Å². The summed E-state index contributed by atoms with van der Waals surface area (Å²) in [6.45, 7) is 3.85. The zero-order valence-electron chi connectivity index (χ0n) is 10.1. The van der Waals surface area contributed by atoms with Crippen LogP contribution in [0.4, 0.5) is 0 Å². The molecule has 1 aromatic heterocycles. The number of amides is 1. The molecule has 0 aliphatic rings. The van der Waals surface area contributed by atoms with Crippen molar-refractivity contribution in [2.45, 2.75) is 32.3 Å². The van der Waals surface area contributed by atoms with Crippen LogP contribution in [0.3, 0.4) is 0 Å². The van der Waals surface area contributed by atoms with Gasteiger partial charge >= 0.3 is 0 Å². The Morgan fingerprint density at radius 2 is 2.12 bits per heavy atom. The van der Waals surface area contributed by atoms with Crippen molar-refractivity contribution in [1.29, 1.82) is 0 Å². The Balaban J connectivity index is 2.69. The summed E-state index contributed by atoms with van der Waals surface area (Å²) in [6.07, 6.45) is 3.92. The SMILES string of the molecule is CCC(O)(CC)CNC(=O)c1c[nH]ccc1=O. The van der Waals surface area contributed by atoms with Crippen LogP contribution in [0.15, 0.2) is 23.3 Å². The highest BCUT2D eigenvalue weighted by Crippen LogP contribution is 2.12. The average Bonchev–Trinajstić information content (AvgIpc) is 2.36. The molecule has 1 amide bonds. The Morgan fingerprint density at radius 3 is 2.65 bits per heavy atom. The maximum absolute atomic E-state index is 11.7. The van der Waals surface area contributed by atoms with E-state index in [1.165, 1.54) is 18.5 Å². The third-order valence-electron chi connectivity index (χ3n) is 2.96. The fraction of sp³-hybridized carbons (Fsp3) is 0.500. The largest absolute Gasteiger partial charge is 0.388 e. The van der Waals surface area contributed by atoms with Crippen LogP contribution in [0, 0.1) is 0 Å². The maximum Gasteiger partial charge on any atom is 0.256 e. The van der Waals surface area contributed by atoms with E-state index >= 15 is 0 Å². The quantitative estimate of drug-likeness (QED) is 0.704. The Hall–Kier alpha value is -1.62. The zero-order chi connectivity index (χ0) is 12.9. The van der Waals surface area contributed by atoms with Crippen LogP contribution >= 0.6 is 0 Å². The van der Waals surface area contributed by atoms with Crippen molar-refractivity contribution in [1.82, 2.24) is 10.3 Å². The van der Waals surface area contributed by atoms with Gasteiger partial charge in [-0.25, -0.2) is 0 Å². The second-order valence-corrected chi connectivity index (χ2v) is 4.04. The van der Waals surface area contributed by atoms with Crippen molar-refractivity contribution in [3.63, 3.8) is 0 Å². The topological polar surface area (TPSA) is 82.2 Å². The molecule has 0 aliphatic carbocycles. The van der Waals surface area contributed by atoms with E-state index in [0.29, 0.717) is 12.8 Å². The van der Waals surface area contributed by atoms with Gasteiger partial charge in [-0.05, 0) is 12.8 Å². The van der Waals surface area contributed by atoms with Crippen molar-refractivity contribution < 1.29 is 9.90 Å². The Bertz CT molecular complexity index is 435. The van der Waals surface area contributed by atoms with Gasteiger partial charge in [0, 0.05) is 25.0 Å². The van der Waals surface area contributed by atoms with E-state index in [0.717, 1.165) is 0 Å². The molecule has 0 bridgehead atoms. The number of carbonyl (C=O) groups excluding carboxylic acids is 1.